The van der Waals surface area contributed by atoms with E-state index in [9.17, 15) is 43.8 Å². The summed E-state index contributed by atoms with van der Waals surface area (Å²) in [6.45, 7) is 1.74. The van der Waals surface area contributed by atoms with Gasteiger partial charge in [0, 0.05) is 6.54 Å². The second-order valence-electron chi connectivity index (χ2n) is 8.55. The van der Waals surface area contributed by atoms with Gasteiger partial charge in [0.05, 0.1) is 26.1 Å². The summed E-state index contributed by atoms with van der Waals surface area (Å²) in [5.74, 6) is -7.66. The Labute approximate surface area is 223 Å². The Hall–Kier alpha value is -4.48. The van der Waals surface area contributed by atoms with Crippen molar-refractivity contribution in [1.29, 1.82) is 0 Å². The van der Waals surface area contributed by atoms with Crippen LogP contribution in [-0.2, 0) is 33.6 Å². The third-order valence-corrected chi connectivity index (χ3v) is 4.92. The van der Waals surface area contributed by atoms with Gasteiger partial charge in [-0.15, -0.1) is 0 Å². The number of carbonyl (C=O) groups excluding carboxylic acids is 5. The van der Waals surface area contributed by atoms with Crippen LogP contribution in [0.15, 0.2) is 4.99 Å². The minimum absolute atomic E-state index is 0.0584. The molecule has 18 nitrogen and oxygen atoms in total. The summed E-state index contributed by atoms with van der Waals surface area (Å²) < 4.78 is 0. The Morgan fingerprint density at radius 3 is 1.87 bits per heavy atom. The van der Waals surface area contributed by atoms with Gasteiger partial charge in [0.15, 0.2) is 5.96 Å². The van der Waals surface area contributed by atoms with Gasteiger partial charge in [0.25, 0.3) is 0 Å². The summed E-state index contributed by atoms with van der Waals surface area (Å²) in [7, 11) is 0. The maximum Gasteiger partial charge on any atom is 0.326 e. The molecule has 0 aromatic rings. The van der Waals surface area contributed by atoms with E-state index in [1.807, 2.05) is 0 Å². The van der Waals surface area contributed by atoms with Crippen molar-refractivity contribution in [2.45, 2.75) is 51.2 Å². The number of amides is 5. The molecule has 0 fully saturated rings. The summed E-state index contributed by atoms with van der Waals surface area (Å²) in [5.41, 5.74) is 15.6. The molecule has 0 radical (unpaired) electrons. The molecule has 0 aliphatic carbocycles. The first kappa shape index (κ1) is 34.5. The van der Waals surface area contributed by atoms with Crippen LogP contribution in [0.1, 0.15) is 33.1 Å². The van der Waals surface area contributed by atoms with Crippen LogP contribution in [0, 0.1) is 5.92 Å². The highest BCUT2D eigenvalue weighted by molar-refractivity contribution is 5.96. The van der Waals surface area contributed by atoms with E-state index in [0.717, 1.165) is 0 Å². The maximum atomic E-state index is 12.9. The van der Waals surface area contributed by atoms with E-state index in [0.29, 0.717) is 0 Å². The van der Waals surface area contributed by atoms with Crippen molar-refractivity contribution < 1.29 is 43.8 Å². The van der Waals surface area contributed by atoms with Crippen molar-refractivity contribution in [3.63, 3.8) is 0 Å². The second-order valence-corrected chi connectivity index (χ2v) is 8.55. The zero-order valence-corrected chi connectivity index (χ0v) is 21.7. The summed E-state index contributed by atoms with van der Waals surface area (Å²) in [5, 5.41) is 29.7. The lowest BCUT2D eigenvalue weighted by Gasteiger charge is -2.25. The van der Waals surface area contributed by atoms with Gasteiger partial charge < -0.3 is 54.0 Å². The number of nitrogens with one attached hydrogen (secondary N) is 5. The Kier molecular flexibility index (Phi) is 15.8. The lowest BCUT2D eigenvalue weighted by Crippen LogP contribution is -2.57. The number of hydrogen-bond donors (Lipinski definition) is 10. The highest BCUT2D eigenvalue weighted by Crippen LogP contribution is 2.06. The summed E-state index contributed by atoms with van der Waals surface area (Å²) in [6, 6.07) is -4.26. The maximum absolute atomic E-state index is 12.9. The van der Waals surface area contributed by atoms with Crippen LogP contribution >= 0.6 is 0 Å². The van der Waals surface area contributed by atoms with Gasteiger partial charge in [0.1, 0.15) is 18.1 Å². The molecule has 3 atom stereocenters. The molecule has 5 amide bonds. The van der Waals surface area contributed by atoms with E-state index in [2.05, 4.69) is 31.6 Å². The zero-order chi connectivity index (χ0) is 30.1. The number of nitrogens with two attached hydrogens (primary N) is 3. The molecule has 0 bridgehead atoms. The summed E-state index contributed by atoms with van der Waals surface area (Å²) in [4.78, 5) is 87.3. The van der Waals surface area contributed by atoms with Gasteiger partial charge >= 0.3 is 11.9 Å². The predicted octanol–water partition coefficient (Wildman–Crippen LogP) is -5.10. The molecule has 39 heavy (non-hydrogen) atoms. The summed E-state index contributed by atoms with van der Waals surface area (Å²) in [6.07, 6.45) is -0.750. The van der Waals surface area contributed by atoms with Crippen molar-refractivity contribution in [2.75, 3.05) is 26.2 Å². The fourth-order valence-electron chi connectivity index (χ4n) is 2.93. The molecule has 0 aromatic carbocycles. The molecule has 0 aliphatic heterocycles. The van der Waals surface area contributed by atoms with Crippen LogP contribution in [0.4, 0.5) is 0 Å². The third kappa shape index (κ3) is 15.4. The standard InChI is InChI=1S/C21H37N9O9/c1-10(2)17(20(38)39)30-18(36)11(4-3-5-25-21(23)24)29-19(37)12(6-16(34)35)28-15(33)9-27-14(32)8-26-13(31)7-22/h10-12,17H,3-9,22H2,1-2H3,(H,26,31)(H,27,32)(H,28,33)(H,29,37)(H,30,36)(H,34,35)(H,38,39)(H4,23,24,25)/t11-,12-,17-/m0/s1. The number of aliphatic imine (C=N–C) groups is 1. The minimum Gasteiger partial charge on any atom is -0.481 e. The first-order valence-corrected chi connectivity index (χ1v) is 11.8. The highest BCUT2D eigenvalue weighted by atomic mass is 16.4. The monoisotopic (exact) mass is 559 g/mol. The average Bonchev–Trinajstić information content (AvgIpc) is 2.84. The molecule has 0 unspecified atom stereocenters. The molecular formula is C21H37N9O9. The number of carboxylic acids is 2. The van der Waals surface area contributed by atoms with Crippen molar-refractivity contribution in [1.82, 2.24) is 26.6 Å². The number of rotatable bonds is 18. The van der Waals surface area contributed by atoms with Gasteiger partial charge in [-0.1, -0.05) is 13.8 Å². The molecular weight excluding hydrogens is 522 g/mol. The SMILES string of the molecule is CC(C)[C@H](NC(=O)[C@H](CCCN=C(N)N)NC(=O)[C@H](CC(=O)O)NC(=O)CNC(=O)CNC(=O)CN)C(=O)O. The molecule has 220 valence electrons. The van der Waals surface area contributed by atoms with Crippen LogP contribution in [0.25, 0.3) is 0 Å². The molecule has 0 saturated carbocycles. The number of carboxylic acid groups (broad SMARTS) is 2. The lowest BCUT2D eigenvalue weighted by atomic mass is 10.0. The largest absolute Gasteiger partial charge is 0.481 e. The quantitative estimate of drug-likeness (QED) is 0.0428. The van der Waals surface area contributed by atoms with E-state index in [4.69, 9.17) is 17.2 Å². The van der Waals surface area contributed by atoms with Gasteiger partial charge in [0.2, 0.25) is 29.5 Å². The van der Waals surface area contributed by atoms with Crippen molar-refractivity contribution in [2.24, 2.45) is 28.1 Å². The summed E-state index contributed by atoms with van der Waals surface area (Å²) >= 11 is 0. The van der Waals surface area contributed by atoms with E-state index >= 15 is 0 Å². The van der Waals surface area contributed by atoms with Crippen LogP contribution < -0.4 is 43.8 Å². The number of aliphatic carboxylic acids is 2. The molecule has 0 heterocycles. The predicted molar refractivity (Wildman–Crippen MR) is 136 cm³/mol. The van der Waals surface area contributed by atoms with Crippen molar-refractivity contribution in [3.05, 3.63) is 0 Å². The fraction of sp³-hybridized carbons (Fsp3) is 0.619. The highest BCUT2D eigenvalue weighted by Gasteiger charge is 2.31. The number of carbonyl (C=O) groups is 7. The molecule has 0 saturated heterocycles. The lowest BCUT2D eigenvalue weighted by molar-refractivity contribution is -0.144. The Bertz CT molecular complexity index is 936. The van der Waals surface area contributed by atoms with E-state index in [1.54, 1.807) is 13.8 Å². The number of nitrogens with zero attached hydrogens (tertiary/aromatic N) is 1. The van der Waals surface area contributed by atoms with Gasteiger partial charge in [-0.05, 0) is 18.8 Å². The molecule has 0 rings (SSSR count). The van der Waals surface area contributed by atoms with E-state index in [-0.39, 0.29) is 31.9 Å². The Morgan fingerprint density at radius 1 is 0.795 bits per heavy atom. The topological polar surface area (TPSA) is 311 Å². The number of hydrogen-bond acceptors (Lipinski definition) is 9. The van der Waals surface area contributed by atoms with Crippen LogP contribution in [-0.4, -0.2) is 102 Å². The van der Waals surface area contributed by atoms with E-state index in [1.165, 1.54) is 0 Å². The zero-order valence-electron chi connectivity index (χ0n) is 21.7. The van der Waals surface area contributed by atoms with Crippen molar-refractivity contribution >= 4 is 47.4 Å². The van der Waals surface area contributed by atoms with Gasteiger partial charge in [-0.2, -0.15) is 0 Å². The van der Waals surface area contributed by atoms with Crippen LogP contribution in [0.2, 0.25) is 0 Å². The van der Waals surface area contributed by atoms with E-state index < -0.39 is 85.0 Å². The third-order valence-electron chi connectivity index (χ3n) is 4.92. The van der Waals surface area contributed by atoms with Crippen molar-refractivity contribution in [3.8, 4) is 0 Å². The molecule has 0 spiro atoms. The first-order valence-electron chi connectivity index (χ1n) is 11.8. The number of guanidine groups is 1. The fourth-order valence-corrected chi connectivity index (χ4v) is 2.93. The molecule has 0 aromatic heterocycles. The van der Waals surface area contributed by atoms with Crippen LogP contribution in [0.5, 0.6) is 0 Å². The van der Waals surface area contributed by atoms with Gasteiger partial charge in [-0.3, -0.25) is 33.8 Å². The normalized spacial score (nSPS) is 12.7. The Morgan fingerprint density at radius 2 is 1.36 bits per heavy atom. The molecule has 13 N–H and O–H groups in total. The molecule has 0 aliphatic rings. The minimum atomic E-state index is -1.66. The average molecular weight is 560 g/mol. The first-order chi connectivity index (χ1) is 18.2. The Balaban J connectivity index is 5.45. The van der Waals surface area contributed by atoms with Gasteiger partial charge in [-0.25, -0.2) is 4.79 Å². The second kappa shape index (κ2) is 17.9. The molecule has 18 heteroatoms. The smallest absolute Gasteiger partial charge is 0.326 e. The van der Waals surface area contributed by atoms with Crippen LogP contribution in [0.3, 0.4) is 0 Å².